The van der Waals surface area contributed by atoms with Crippen LogP contribution in [0, 0.1) is 13.8 Å². The van der Waals surface area contributed by atoms with Gasteiger partial charge in [-0.2, -0.15) is 0 Å². The molecule has 0 aliphatic heterocycles. The second kappa shape index (κ2) is 5.98. The molecule has 0 spiro atoms. The van der Waals surface area contributed by atoms with Gasteiger partial charge in [-0.15, -0.1) is 0 Å². The van der Waals surface area contributed by atoms with E-state index in [1.807, 2.05) is 18.2 Å². The van der Waals surface area contributed by atoms with Gasteiger partial charge < -0.3 is 10.1 Å². The lowest BCUT2D eigenvalue weighted by Crippen LogP contribution is -2.04. The molecule has 2 aromatic rings. The quantitative estimate of drug-likeness (QED) is 0.882. The van der Waals surface area contributed by atoms with Crippen LogP contribution in [0.5, 0.6) is 5.75 Å². The largest absolute Gasteiger partial charge is 0.496 e. The second-order valence-electron chi connectivity index (χ2n) is 4.52. The first kappa shape index (κ1) is 13.8. The number of halogens is 1. The third-order valence-electron chi connectivity index (χ3n) is 3.36. The van der Waals surface area contributed by atoms with E-state index in [-0.39, 0.29) is 0 Å². The average molecular weight is 276 g/mol. The van der Waals surface area contributed by atoms with Crippen LogP contribution in [0.1, 0.15) is 16.7 Å². The summed E-state index contributed by atoms with van der Waals surface area (Å²) in [6, 6.07) is 11.9. The topological polar surface area (TPSA) is 21.3 Å². The Balaban J connectivity index is 2.21. The van der Waals surface area contributed by atoms with Crippen LogP contribution in [0.2, 0.25) is 5.02 Å². The Hall–Kier alpha value is -1.67. The standard InChI is InChI=1S/C16H18ClNO/c1-11-6-4-8-15(12(11)2)18-10-13-14(17)7-5-9-16(13)19-3/h4-9,18H,10H2,1-3H3. The zero-order valence-electron chi connectivity index (χ0n) is 11.5. The highest BCUT2D eigenvalue weighted by Crippen LogP contribution is 2.28. The van der Waals surface area contributed by atoms with Crippen LogP contribution in [-0.2, 0) is 6.54 Å². The lowest BCUT2D eigenvalue weighted by atomic mass is 10.1. The zero-order chi connectivity index (χ0) is 13.8. The second-order valence-corrected chi connectivity index (χ2v) is 4.93. The van der Waals surface area contributed by atoms with Crippen molar-refractivity contribution in [1.82, 2.24) is 0 Å². The molecule has 3 heteroatoms. The summed E-state index contributed by atoms with van der Waals surface area (Å²) < 4.78 is 5.34. The first-order valence-electron chi connectivity index (χ1n) is 6.25. The molecule has 0 fully saturated rings. The van der Waals surface area contributed by atoms with Gasteiger partial charge in [-0.3, -0.25) is 0 Å². The molecule has 2 rings (SSSR count). The number of anilines is 1. The third-order valence-corrected chi connectivity index (χ3v) is 3.71. The zero-order valence-corrected chi connectivity index (χ0v) is 12.2. The minimum Gasteiger partial charge on any atom is -0.496 e. The Bertz CT molecular complexity index is 581. The maximum absolute atomic E-state index is 6.23. The van der Waals surface area contributed by atoms with Crippen molar-refractivity contribution in [1.29, 1.82) is 0 Å². The van der Waals surface area contributed by atoms with Crippen LogP contribution in [0.4, 0.5) is 5.69 Å². The molecule has 100 valence electrons. The van der Waals surface area contributed by atoms with Crippen molar-refractivity contribution >= 4 is 17.3 Å². The lowest BCUT2D eigenvalue weighted by Gasteiger charge is -2.14. The monoisotopic (exact) mass is 275 g/mol. The van der Waals surface area contributed by atoms with Crippen molar-refractivity contribution in [3.8, 4) is 5.75 Å². The van der Waals surface area contributed by atoms with E-state index in [9.17, 15) is 0 Å². The van der Waals surface area contributed by atoms with E-state index >= 15 is 0 Å². The fraction of sp³-hybridized carbons (Fsp3) is 0.250. The Labute approximate surface area is 119 Å². The Morgan fingerprint density at radius 3 is 2.58 bits per heavy atom. The van der Waals surface area contributed by atoms with Gasteiger partial charge in [-0.05, 0) is 43.2 Å². The molecule has 19 heavy (non-hydrogen) atoms. The summed E-state index contributed by atoms with van der Waals surface area (Å²) in [6.45, 7) is 4.87. The molecular weight excluding hydrogens is 258 g/mol. The molecular formula is C16H18ClNO. The average Bonchev–Trinajstić information content (AvgIpc) is 2.41. The predicted octanol–water partition coefficient (Wildman–Crippen LogP) is 4.58. The SMILES string of the molecule is COc1cccc(Cl)c1CNc1cccc(C)c1C. The molecule has 0 saturated carbocycles. The van der Waals surface area contributed by atoms with Crippen LogP contribution in [0.25, 0.3) is 0 Å². The van der Waals surface area contributed by atoms with Gasteiger partial charge in [0.2, 0.25) is 0 Å². The molecule has 0 radical (unpaired) electrons. The molecule has 0 unspecified atom stereocenters. The number of ether oxygens (including phenoxy) is 1. The smallest absolute Gasteiger partial charge is 0.125 e. The highest BCUT2D eigenvalue weighted by atomic mass is 35.5. The summed E-state index contributed by atoms with van der Waals surface area (Å²) in [4.78, 5) is 0. The van der Waals surface area contributed by atoms with Gasteiger partial charge >= 0.3 is 0 Å². The summed E-state index contributed by atoms with van der Waals surface area (Å²) in [5.41, 5.74) is 4.64. The molecule has 0 aromatic heterocycles. The summed E-state index contributed by atoms with van der Waals surface area (Å²) >= 11 is 6.23. The molecule has 0 saturated heterocycles. The third kappa shape index (κ3) is 3.02. The van der Waals surface area contributed by atoms with Crippen LogP contribution in [0.3, 0.4) is 0 Å². The van der Waals surface area contributed by atoms with Crippen molar-refractivity contribution < 1.29 is 4.74 Å². The van der Waals surface area contributed by atoms with Gasteiger partial charge in [0.25, 0.3) is 0 Å². The van der Waals surface area contributed by atoms with E-state index in [0.717, 1.165) is 22.0 Å². The molecule has 0 atom stereocenters. The molecule has 0 aliphatic carbocycles. The van der Waals surface area contributed by atoms with E-state index in [4.69, 9.17) is 16.3 Å². The van der Waals surface area contributed by atoms with Gasteiger partial charge in [-0.1, -0.05) is 29.8 Å². The Morgan fingerprint density at radius 2 is 1.84 bits per heavy atom. The van der Waals surface area contributed by atoms with Gasteiger partial charge in [0.05, 0.1) is 7.11 Å². The fourth-order valence-electron chi connectivity index (χ4n) is 2.03. The van der Waals surface area contributed by atoms with E-state index in [1.54, 1.807) is 7.11 Å². The molecule has 2 nitrogen and oxygen atoms in total. The minimum absolute atomic E-state index is 0.646. The maximum Gasteiger partial charge on any atom is 0.125 e. The number of hydrogen-bond donors (Lipinski definition) is 1. The maximum atomic E-state index is 6.23. The van der Waals surface area contributed by atoms with Crippen molar-refractivity contribution in [3.63, 3.8) is 0 Å². The van der Waals surface area contributed by atoms with Gasteiger partial charge in [0.1, 0.15) is 5.75 Å². The predicted molar refractivity (Wildman–Crippen MR) is 81.2 cm³/mol. The highest BCUT2D eigenvalue weighted by Gasteiger charge is 2.08. The number of hydrogen-bond acceptors (Lipinski definition) is 2. The van der Waals surface area contributed by atoms with Crippen molar-refractivity contribution in [2.75, 3.05) is 12.4 Å². The van der Waals surface area contributed by atoms with Crippen molar-refractivity contribution in [2.24, 2.45) is 0 Å². The fourth-order valence-corrected chi connectivity index (χ4v) is 2.26. The summed E-state index contributed by atoms with van der Waals surface area (Å²) in [7, 11) is 1.66. The highest BCUT2D eigenvalue weighted by molar-refractivity contribution is 6.31. The number of methoxy groups -OCH3 is 1. The Kier molecular flexibility index (Phi) is 4.33. The van der Waals surface area contributed by atoms with Crippen LogP contribution in [0.15, 0.2) is 36.4 Å². The van der Waals surface area contributed by atoms with Crippen LogP contribution >= 0.6 is 11.6 Å². The molecule has 0 heterocycles. The molecule has 0 bridgehead atoms. The van der Waals surface area contributed by atoms with Gasteiger partial charge in [0.15, 0.2) is 0 Å². The lowest BCUT2D eigenvalue weighted by molar-refractivity contribution is 0.410. The van der Waals surface area contributed by atoms with Gasteiger partial charge in [-0.25, -0.2) is 0 Å². The van der Waals surface area contributed by atoms with E-state index in [1.165, 1.54) is 11.1 Å². The molecule has 2 aromatic carbocycles. The number of nitrogens with one attached hydrogen (secondary N) is 1. The minimum atomic E-state index is 0.646. The molecule has 0 amide bonds. The number of aryl methyl sites for hydroxylation is 1. The van der Waals surface area contributed by atoms with E-state index in [0.29, 0.717) is 6.54 Å². The van der Waals surface area contributed by atoms with E-state index in [2.05, 4.69) is 37.4 Å². The number of benzene rings is 2. The van der Waals surface area contributed by atoms with Crippen LogP contribution < -0.4 is 10.1 Å². The first-order valence-corrected chi connectivity index (χ1v) is 6.62. The van der Waals surface area contributed by atoms with Crippen molar-refractivity contribution in [2.45, 2.75) is 20.4 Å². The number of rotatable bonds is 4. The molecule has 0 aliphatic rings. The van der Waals surface area contributed by atoms with Crippen LogP contribution in [-0.4, -0.2) is 7.11 Å². The summed E-state index contributed by atoms with van der Waals surface area (Å²) in [5, 5.41) is 4.14. The Morgan fingerprint density at radius 1 is 1.11 bits per heavy atom. The first-order chi connectivity index (χ1) is 9.13. The molecule has 1 N–H and O–H groups in total. The normalized spacial score (nSPS) is 10.3. The van der Waals surface area contributed by atoms with Crippen molar-refractivity contribution in [3.05, 3.63) is 58.1 Å². The van der Waals surface area contributed by atoms with E-state index < -0.39 is 0 Å². The van der Waals surface area contributed by atoms with Gasteiger partial charge in [0, 0.05) is 22.8 Å². The summed E-state index contributed by atoms with van der Waals surface area (Å²) in [5.74, 6) is 0.810. The summed E-state index contributed by atoms with van der Waals surface area (Å²) in [6.07, 6.45) is 0.